The normalized spacial score (nSPS) is 21.4. The first-order chi connectivity index (χ1) is 13.2. The van der Waals surface area contributed by atoms with E-state index < -0.39 is 0 Å². The van der Waals surface area contributed by atoms with E-state index in [9.17, 15) is 0 Å². The summed E-state index contributed by atoms with van der Waals surface area (Å²) >= 11 is 1.85. The highest BCUT2D eigenvalue weighted by Gasteiger charge is 2.20. The fourth-order valence-corrected chi connectivity index (χ4v) is 4.44. The Labute approximate surface area is 168 Å². The van der Waals surface area contributed by atoms with Crippen LogP contribution in [0.2, 0.25) is 0 Å². The van der Waals surface area contributed by atoms with Gasteiger partial charge in [-0.15, -0.1) is 11.3 Å². The number of ether oxygens (including phenoxy) is 1. The van der Waals surface area contributed by atoms with Gasteiger partial charge in [0.1, 0.15) is 0 Å². The molecule has 0 radical (unpaired) electrons. The predicted octanol–water partition coefficient (Wildman–Crippen LogP) is 1.80. The molecular weight excluding hydrogens is 358 g/mol. The number of morpholine rings is 1. The van der Waals surface area contributed by atoms with E-state index in [1.54, 1.807) is 0 Å². The van der Waals surface area contributed by atoms with Crippen molar-refractivity contribution >= 4 is 17.3 Å². The SMILES string of the molecule is CCNC(=NCC(C)CN1CCOCC1)N1CCN(Cc2cccs2)CC1. The zero-order valence-electron chi connectivity index (χ0n) is 16.9. The number of nitrogens with one attached hydrogen (secondary N) is 1. The van der Waals surface area contributed by atoms with Gasteiger partial charge in [0.05, 0.1) is 13.2 Å². The molecule has 1 aromatic rings. The molecule has 6 nitrogen and oxygen atoms in total. The van der Waals surface area contributed by atoms with Crippen LogP contribution in [0.5, 0.6) is 0 Å². The van der Waals surface area contributed by atoms with Crippen LogP contribution in [0, 0.1) is 5.92 Å². The number of hydrogen-bond donors (Lipinski definition) is 1. The monoisotopic (exact) mass is 393 g/mol. The summed E-state index contributed by atoms with van der Waals surface area (Å²) in [6, 6.07) is 4.38. The highest BCUT2D eigenvalue weighted by atomic mass is 32.1. The first-order valence-electron chi connectivity index (χ1n) is 10.3. The van der Waals surface area contributed by atoms with Crippen LogP contribution in [-0.2, 0) is 11.3 Å². The second-order valence-corrected chi connectivity index (χ2v) is 8.59. The largest absolute Gasteiger partial charge is 0.379 e. The topological polar surface area (TPSA) is 43.3 Å². The lowest BCUT2D eigenvalue weighted by molar-refractivity contribution is 0.0323. The molecule has 27 heavy (non-hydrogen) atoms. The van der Waals surface area contributed by atoms with Crippen molar-refractivity contribution in [3.8, 4) is 0 Å². The van der Waals surface area contributed by atoms with Crippen LogP contribution >= 0.6 is 11.3 Å². The molecule has 3 heterocycles. The van der Waals surface area contributed by atoms with Gasteiger partial charge in [0.15, 0.2) is 5.96 Å². The van der Waals surface area contributed by atoms with E-state index in [0.29, 0.717) is 5.92 Å². The van der Waals surface area contributed by atoms with Crippen LogP contribution in [0.25, 0.3) is 0 Å². The molecule has 2 aliphatic heterocycles. The number of thiophene rings is 1. The summed E-state index contributed by atoms with van der Waals surface area (Å²) in [4.78, 5) is 13.9. The lowest BCUT2D eigenvalue weighted by Gasteiger charge is -2.36. The van der Waals surface area contributed by atoms with E-state index in [0.717, 1.165) is 84.6 Å². The van der Waals surface area contributed by atoms with E-state index in [2.05, 4.69) is 51.4 Å². The van der Waals surface area contributed by atoms with E-state index in [1.807, 2.05) is 11.3 Å². The number of piperazine rings is 1. The zero-order chi connectivity index (χ0) is 18.9. The molecule has 0 saturated carbocycles. The number of nitrogens with zero attached hydrogens (tertiary/aromatic N) is 4. The zero-order valence-corrected chi connectivity index (χ0v) is 17.7. The second kappa shape index (κ2) is 11.0. The Morgan fingerprint density at radius 3 is 2.63 bits per heavy atom. The number of aliphatic imine (C=N–C) groups is 1. The van der Waals surface area contributed by atoms with Gasteiger partial charge < -0.3 is 15.0 Å². The highest BCUT2D eigenvalue weighted by Crippen LogP contribution is 2.14. The Kier molecular flexibility index (Phi) is 8.38. The molecule has 1 aromatic heterocycles. The van der Waals surface area contributed by atoms with Crippen LogP contribution in [-0.4, -0.2) is 92.8 Å². The molecule has 1 atom stereocenters. The minimum absolute atomic E-state index is 0.567. The highest BCUT2D eigenvalue weighted by molar-refractivity contribution is 7.09. The van der Waals surface area contributed by atoms with Gasteiger partial charge in [-0.3, -0.25) is 14.8 Å². The molecular formula is C20H35N5OS. The van der Waals surface area contributed by atoms with Gasteiger partial charge in [-0.1, -0.05) is 13.0 Å². The smallest absolute Gasteiger partial charge is 0.194 e. The van der Waals surface area contributed by atoms with Crippen molar-refractivity contribution in [3.05, 3.63) is 22.4 Å². The van der Waals surface area contributed by atoms with Gasteiger partial charge >= 0.3 is 0 Å². The van der Waals surface area contributed by atoms with Crippen LogP contribution < -0.4 is 5.32 Å². The van der Waals surface area contributed by atoms with Gasteiger partial charge in [-0.05, 0) is 24.3 Å². The summed E-state index contributed by atoms with van der Waals surface area (Å²) < 4.78 is 5.44. The van der Waals surface area contributed by atoms with E-state index in [1.165, 1.54) is 4.88 Å². The minimum Gasteiger partial charge on any atom is -0.379 e. The first kappa shape index (κ1) is 20.6. The Bertz CT molecular complexity index is 551. The number of rotatable bonds is 7. The standard InChI is InChI=1S/C20H35N5OS/c1-3-21-20(22-15-18(2)16-24-10-12-26-13-11-24)25-8-6-23(7-9-25)17-19-5-4-14-27-19/h4-5,14,18H,3,6-13,15-17H2,1-2H3,(H,21,22). The van der Waals surface area contributed by atoms with Crippen molar-refractivity contribution in [2.75, 3.05) is 72.1 Å². The van der Waals surface area contributed by atoms with Crippen molar-refractivity contribution in [1.82, 2.24) is 20.0 Å². The van der Waals surface area contributed by atoms with Crippen LogP contribution in [0.15, 0.2) is 22.5 Å². The Morgan fingerprint density at radius 2 is 1.96 bits per heavy atom. The molecule has 152 valence electrons. The van der Waals surface area contributed by atoms with E-state index in [-0.39, 0.29) is 0 Å². The Balaban J connectivity index is 1.45. The van der Waals surface area contributed by atoms with Crippen molar-refractivity contribution < 1.29 is 4.74 Å². The maximum Gasteiger partial charge on any atom is 0.194 e. The second-order valence-electron chi connectivity index (χ2n) is 7.56. The maximum atomic E-state index is 5.44. The van der Waals surface area contributed by atoms with Crippen molar-refractivity contribution in [2.45, 2.75) is 20.4 Å². The van der Waals surface area contributed by atoms with Gasteiger partial charge in [-0.25, -0.2) is 0 Å². The summed E-state index contributed by atoms with van der Waals surface area (Å²) in [6.07, 6.45) is 0. The molecule has 0 bridgehead atoms. The van der Waals surface area contributed by atoms with Crippen LogP contribution in [0.4, 0.5) is 0 Å². The maximum absolute atomic E-state index is 5.44. The fourth-order valence-electron chi connectivity index (χ4n) is 3.69. The molecule has 7 heteroatoms. The number of guanidine groups is 1. The fraction of sp³-hybridized carbons (Fsp3) is 0.750. The van der Waals surface area contributed by atoms with Gasteiger partial charge in [0.25, 0.3) is 0 Å². The average molecular weight is 394 g/mol. The Morgan fingerprint density at radius 1 is 1.19 bits per heavy atom. The van der Waals surface area contributed by atoms with Crippen LogP contribution in [0.3, 0.4) is 0 Å². The van der Waals surface area contributed by atoms with Crippen molar-refractivity contribution in [1.29, 1.82) is 0 Å². The summed E-state index contributed by atoms with van der Waals surface area (Å²) in [5, 5.41) is 5.66. The summed E-state index contributed by atoms with van der Waals surface area (Å²) in [5.41, 5.74) is 0. The van der Waals surface area contributed by atoms with Gasteiger partial charge in [0.2, 0.25) is 0 Å². The predicted molar refractivity (Wildman–Crippen MR) is 114 cm³/mol. The summed E-state index contributed by atoms with van der Waals surface area (Å²) in [7, 11) is 0. The molecule has 2 fully saturated rings. The molecule has 3 rings (SSSR count). The molecule has 2 aliphatic rings. The molecule has 2 saturated heterocycles. The Hall–Kier alpha value is -1.15. The van der Waals surface area contributed by atoms with Gasteiger partial charge in [0, 0.05) is 70.3 Å². The molecule has 0 aliphatic carbocycles. The van der Waals surface area contributed by atoms with Crippen molar-refractivity contribution in [3.63, 3.8) is 0 Å². The van der Waals surface area contributed by atoms with Crippen molar-refractivity contribution in [2.24, 2.45) is 10.9 Å². The first-order valence-corrected chi connectivity index (χ1v) is 11.2. The quantitative estimate of drug-likeness (QED) is 0.565. The summed E-state index contributed by atoms with van der Waals surface area (Å²) in [5.74, 6) is 1.65. The lowest BCUT2D eigenvalue weighted by atomic mass is 10.1. The van der Waals surface area contributed by atoms with E-state index >= 15 is 0 Å². The third kappa shape index (κ3) is 6.75. The molecule has 0 aromatic carbocycles. The molecule has 1 N–H and O–H groups in total. The summed E-state index contributed by atoms with van der Waals surface area (Å²) in [6.45, 7) is 16.6. The van der Waals surface area contributed by atoms with Crippen LogP contribution in [0.1, 0.15) is 18.7 Å². The molecule has 0 amide bonds. The molecule has 0 spiro atoms. The number of hydrogen-bond acceptors (Lipinski definition) is 5. The minimum atomic E-state index is 0.567. The average Bonchev–Trinajstić information content (AvgIpc) is 3.20. The van der Waals surface area contributed by atoms with Gasteiger partial charge in [-0.2, -0.15) is 0 Å². The lowest BCUT2D eigenvalue weighted by Crippen LogP contribution is -2.52. The van der Waals surface area contributed by atoms with E-state index in [4.69, 9.17) is 9.73 Å². The third-order valence-electron chi connectivity index (χ3n) is 5.19. The molecule has 1 unspecified atom stereocenters. The third-order valence-corrected chi connectivity index (χ3v) is 6.05.